The van der Waals surface area contributed by atoms with Crippen molar-refractivity contribution in [2.75, 3.05) is 7.05 Å². The number of carboxylic acid groups (broad SMARTS) is 1. The smallest absolute Gasteiger partial charge is 0.319 e. The van der Waals surface area contributed by atoms with E-state index in [0.29, 0.717) is 5.01 Å². The van der Waals surface area contributed by atoms with Crippen molar-refractivity contribution in [3.05, 3.63) is 16.1 Å². The molecule has 1 aromatic rings. The highest BCUT2D eigenvalue weighted by atomic mass is 32.1. The fraction of sp³-hybridized carbons (Fsp3) is 0.500. The van der Waals surface area contributed by atoms with Gasteiger partial charge >= 0.3 is 5.97 Å². The van der Waals surface area contributed by atoms with Crippen molar-refractivity contribution in [1.82, 2.24) is 10.3 Å². The Bertz CT molecular complexity index is 416. The average molecular weight is 242 g/mol. The summed E-state index contributed by atoms with van der Waals surface area (Å²) >= 11 is 1.37. The van der Waals surface area contributed by atoms with Crippen LogP contribution in [0.15, 0.2) is 5.38 Å². The largest absolute Gasteiger partial charge is 0.480 e. The van der Waals surface area contributed by atoms with Gasteiger partial charge in [0, 0.05) is 24.5 Å². The van der Waals surface area contributed by atoms with Crippen molar-refractivity contribution in [3.63, 3.8) is 0 Å². The summed E-state index contributed by atoms with van der Waals surface area (Å²) in [4.78, 5) is 26.9. The number of aromatic nitrogens is 1. The van der Waals surface area contributed by atoms with Gasteiger partial charge in [0.05, 0.1) is 5.01 Å². The summed E-state index contributed by atoms with van der Waals surface area (Å²) in [5, 5.41) is 14.0. The van der Waals surface area contributed by atoms with Crippen LogP contribution in [0.4, 0.5) is 0 Å². The second-order valence-electron chi connectivity index (χ2n) is 3.78. The summed E-state index contributed by atoms with van der Waals surface area (Å²) in [6.07, 6.45) is 0.112. The van der Waals surface area contributed by atoms with Gasteiger partial charge in [-0.3, -0.25) is 9.59 Å². The van der Waals surface area contributed by atoms with E-state index in [1.165, 1.54) is 25.3 Å². The number of nitrogens with one attached hydrogen (secondary N) is 1. The Balaban J connectivity index is 2.96. The van der Waals surface area contributed by atoms with Crippen LogP contribution >= 0.6 is 11.3 Å². The third kappa shape index (κ3) is 2.38. The van der Waals surface area contributed by atoms with E-state index >= 15 is 0 Å². The zero-order valence-corrected chi connectivity index (χ0v) is 10.2. The molecule has 1 amide bonds. The minimum absolute atomic E-state index is 0.112. The molecule has 1 heterocycles. The van der Waals surface area contributed by atoms with Crippen LogP contribution in [0.3, 0.4) is 0 Å². The molecular formula is C10H14N2O3S. The fourth-order valence-corrected chi connectivity index (χ4v) is 2.24. The summed E-state index contributed by atoms with van der Waals surface area (Å²) in [5.74, 6) is -1.65. The molecule has 0 saturated carbocycles. The Morgan fingerprint density at radius 3 is 2.62 bits per heavy atom. The lowest BCUT2D eigenvalue weighted by Crippen LogP contribution is -2.44. The second-order valence-corrected chi connectivity index (χ2v) is 4.72. The number of thiazole rings is 1. The first-order chi connectivity index (χ1) is 7.40. The Morgan fingerprint density at radius 1 is 1.62 bits per heavy atom. The first-order valence-corrected chi connectivity index (χ1v) is 5.64. The van der Waals surface area contributed by atoms with Crippen molar-refractivity contribution < 1.29 is 14.7 Å². The number of carbonyl (C=O) groups is 2. The number of carboxylic acids is 1. The lowest BCUT2D eigenvalue weighted by Gasteiger charge is -2.21. The highest BCUT2D eigenvalue weighted by molar-refractivity contribution is 7.09. The summed E-state index contributed by atoms with van der Waals surface area (Å²) in [6, 6.07) is 0. The van der Waals surface area contributed by atoms with Crippen LogP contribution in [0.25, 0.3) is 0 Å². The second kappa shape index (κ2) is 4.61. The van der Waals surface area contributed by atoms with Crippen LogP contribution < -0.4 is 5.32 Å². The third-order valence-corrected chi connectivity index (χ3v) is 3.34. The van der Waals surface area contributed by atoms with E-state index in [0.717, 1.165) is 5.69 Å². The molecule has 88 valence electrons. The molecule has 0 fully saturated rings. The van der Waals surface area contributed by atoms with Gasteiger partial charge in [-0.15, -0.1) is 11.3 Å². The molecule has 1 rings (SSSR count). The highest BCUT2D eigenvalue weighted by Gasteiger charge is 2.41. The number of hydrogen-bond donors (Lipinski definition) is 2. The Morgan fingerprint density at radius 2 is 2.25 bits per heavy atom. The zero-order valence-electron chi connectivity index (χ0n) is 9.40. The maximum atomic E-state index is 11.6. The summed E-state index contributed by atoms with van der Waals surface area (Å²) in [6.45, 7) is 3.24. The molecule has 0 aliphatic carbocycles. The fourth-order valence-electron chi connectivity index (χ4n) is 1.32. The topological polar surface area (TPSA) is 79.3 Å². The zero-order chi connectivity index (χ0) is 12.3. The van der Waals surface area contributed by atoms with Gasteiger partial charge in [0.1, 0.15) is 5.41 Å². The Kier molecular flexibility index (Phi) is 3.64. The van der Waals surface area contributed by atoms with Gasteiger partial charge in [-0.1, -0.05) is 0 Å². The van der Waals surface area contributed by atoms with Gasteiger partial charge in [0.15, 0.2) is 0 Å². The molecule has 1 unspecified atom stereocenters. The summed E-state index contributed by atoms with van der Waals surface area (Å²) in [5.41, 5.74) is -0.622. The summed E-state index contributed by atoms with van der Waals surface area (Å²) < 4.78 is 0. The molecule has 16 heavy (non-hydrogen) atoms. The van der Waals surface area contributed by atoms with Crippen LogP contribution in [0.2, 0.25) is 0 Å². The molecule has 0 bridgehead atoms. The monoisotopic (exact) mass is 242 g/mol. The van der Waals surface area contributed by atoms with Gasteiger partial charge in [-0.05, 0) is 13.8 Å². The number of rotatable bonds is 4. The van der Waals surface area contributed by atoms with Crippen LogP contribution in [0, 0.1) is 12.3 Å². The van der Waals surface area contributed by atoms with Crippen molar-refractivity contribution in [3.8, 4) is 0 Å². The SMILES string of the molecule is CNC(=O)C(C)(Cc1nc(C)cs1)C(=O)O. The van der Waals surface area contributed by atoms with Crippen LogP contribution in [0.5, 0.6) is 0 Å². The predicted molar refractivity (Wildman–Crippen MR) is 60.4 cm³/mol. The molecule has 6 heteroatoms. The molecule has 0 radical (unpaired) electrons. The molecule has 0 spiro atoms. The van der Waals surface area contributed by atoms with E-state index in [9.17, 15) is 9.59 Å². The number of hydrogen-bond acceptors (Lipinski definition) is 4. The maximum Gasteiger partial charge on any atom is 0.319 e. The minimum atomic E-state index is -1.46. The van der Waals surface area contributed by atoms with E-state index in [4.69, 9.17) is 5.11 Å². The molecule has 1 atom stereocenters. The third-order valence-electron chi connectivity index (χ3n) is 2.37. The van der Waals surface area contributed by atoms with Gasteiger partial charge in [-0.25, -0.2) is 4.98 Å². The molecule has 0 aliphatic heterocycles. The first kappa shape index (κ1) is 12.6. The quantitative estimate of drug-likeness (QED) is 0.766. The van der Waals surface area contributed by atoms with Gasteiger partial charge in [0.2, 0.25) is 5.91 Å². The lowest BCUT2D eigenvalue weighted by atomic mass is 9.86. The van der Waals surface area contributed by atoms with E-state index in [2.05, 4.69) is 10.3 Å². The average Bonchev–Trinajstić information content (AvgIpc) is 2.62. The molecule has 1 aromatic heterocycles. The molecule has 0 aromatic carbocycles. The number of nitrogens with zero attached hydrogens (tertiary/aromatic N) is 1. The molecule has 0 saturated heterocycles. The number of carbonyl (C=O) groups excluding carboxylic acids is 1. The molecule has 0 aliphatic rings. The number of amides is 1. The van der Waals surface area contributed by atoms with Crippen LogP contribution in [0.1, 0.15) is 17.6 Å². The van der Waals surface area contributed by atoms with Gasteiger partial charge in [-0.2, -0.15) is 0 Å². The molecule has 5 nitrogen and oxygen atoms in total. The van der Waals surface area contributed by atoms with Crippen LogP contribution in [-0.4, -0.2) is 29.0 Å². The normalized spacial score (nSPS) is 14.2. The van der Waals surface area contributed by atoms with Crippen molar-refractivity contribution in [1.29, 1.82) is 0 Å². The van der Waals surface area contributed by atoms with Crippen LogP contribution in [-0.2, 0) is 16.0 Å². The van der Waals surface area contributed by atoms with Gasteiger partial charge in [0.25, 0.3) is 0 Å². The Hall–Kier alpha value is -1.43. The van der Waals surface area contributed by atoms with E-state index in [-0.39, 0.29) is 6.42 Å². The maximum absolute atomic E-state index is 11.6. The standard InChI is InChI=1S/C10H14N2O3S/c1-6-5-16-7(12-6)4-10(2,9(14)15)8(13)11-3/h5H,4H2,1-3H3,(H,11,13)(H,14,15). The lowest BCUT2D eigenvalue weighted by molar-refractivity contribution is -0.154. The minimum Gasteiger partial charge on any atom is -0.480 e. The molecule has 2 N–H and O–H groups in total. The van der Waals surface area contributed by atoms with Crippen molar-refractivity contribution >= 4 is 23.2 Å². The van der Waals surface area contributed by atoms with Crippen molar-refractivity contribution in [2.24, 2.45) is 5.41 Å². The predicted octanol–water partition coefficient (Wildman–Crippen LogP) is 0.831. The van der Waals surface area contributed by atoms with E-state index in [1.807, 2.05) is 12.3 Å². The molecular weight excluding hydrogens is 228 g/mol. The number of aryl methyl sites for hydroxylation is 1. The van der Waals surface area contributed by atoms with Crippen molar-refractivity contribution in [2.45, 2.75) is 20.3 Å². The first-order valence-electron chi connectivity index (χ1n) is 4.76. The number of aliphatic carboxylic acids is 1. The Labute approximate surface area is 97.5 Å². The highest BCUT2D eigenvalue weighted by Crippen LogP contribution is 2.25. The summed E-state index contributed by atoms with van der Waals surface area (Å²) in [7, 11) is 1.43. The van der Waals surface area contributed by atoms with E-state index < -0.39 is 17.3 Å². The van der Waals surface area contributed by atoms with E-state index in [1.54, 1.807) is 0 Å². The van der Waals surface area contributed by atoms with Gasteiger partial charge < -0.3 is 10.4 Å².